The first kappa shape index (κ1) is 15.0. The first-order chi connectivity index (χ1) is 8.38. The molecule has 102 valence electrons. The van der Waals surface area contributed by atoms with Crippen LogP contribution in [0.1, 0.15) is 6.42 Å². The van der Waals surface area contributed by atoms with Gasteiger partial charge in [0.05, 0.1) is 6.20 Å². The van der Waals surface area contributed by atoms with Gasteiger partial charge in [-0.1, -0.05) is 0 Å². The van der Waals surface area contributed by atoms with Crippen LogP contribution in [0.4, 0.5) is 0 Å². The molecule has 0 radical (unpaired) electrons. The Morgan fingerprint density at radius 3 is 2.78 bits per heavy atom. The van der Waals surface area contributed by atoms with Crippen LogP contribution in [0.25, 0.3) is 0 Å². The number of aromatic nitrogens is 2. The number of nitrogens with zero attached hydrogens (tertiary/aromatic N) is 2. The number of thioether (sulfide) groups is 1. The predicted molar refractivity (Wildman–Crippen MR) is 68.0 cm³/mol. The normalized spacial score (nSPS) is 13.4. The third-order valence-electron chi connectivity index (χ3n) is 2.26. The highest BCUT2D eigenvalue weighted by Crippen LogP contribution is 2.09. The minimum Gasteiger partial charge on any atom is -0.480 e. The average molecular weight is 293 g/mol. The van der Waals surface area contributed by atoms with Gasteiger partial charge in [-0.2, -0.15) is 21.6 Å². The maximum absolute atomic E-state index is 12.0. The van der Waals surface area contributed by atoms with Crippen LogP contribution in [0, 0.1) is 0 Å². The summed E-state index contributed by atoms with van der Waals surface area (Å²) in [6.07, 6.45) is 3.40. The van der Waals surface area contributed by atoms with Gasteiger partial charge in [-0.3, -0.25) is 9.48 Å². The number of carboxylic acid groups (broad SMARTS) is 1. The van der Waals surface area contributed by atoms with E-state index in [9.17, 15) is 13.2 Å². The maximum atomic E-state index is 12.0. The Morgan fingerprint density at radius 1 is 1.67 bits per heavy atom. The quantitative estimate of drug-likeness (QED) is 0.728. The second-order valence-electron chi connectivity index (χ2n) is 3.59. The molecular formula is C9H15N3O4S2. The standard InChI is InChI=1S/C9H15N3O4S2/c1-12-8(3-5-10-12)18(15,16)11-7(9(13)14)4-6-17-2/h3,5,7,11H,4,6H2,1-2H3,(H,13,14). The number of hydrogen-bond acceptors (Lipinski definition) is 5. The van der Waals surface area contributed by atoms with E-state index in [1.54, 1.807) is 0 Å². The molecule has 0 aliphatic rings. The summed E-state index contributed by atoms with van der Waals surface area (Å²) in [6, 6.07) is 0.188. The summed E-state index contributed by atoms with van der Waals surface area (Å²) in [7, 11) is -2.38. The number of aryl methyl sites for hydroxylation is 1. The zero-order chi connectivity index (χ0) is 13.8. The lowest BCUT2D eigenvalue weighted by atomic mass is 10.2. The number of rotatable bonds is 7. The number of aliphatic carboxylic acids is 1. The van der Waals surface area contributed by atoms with E-state index in [2.05, 4.69) is 9.82 Å². The van der Waals surface area contributed by atoms with Gasteiger partial charge < -0.3 is 5.11 Å². The Morgan fingerprint density at radius 2 is 2.33 bits per heavy atom. The molecule has 0 spiro atoms. The fourth-order valence-corrected chi connectivity index (χ4v) is 3.16. The van der Waals surface area contributed by atoms with E-state index >= 15 is 0 Å². The molecule has 1 atom stereocenters. The van der Waals surface area contributed by atoms with Crippen molar-refractivity contribution in [2.24, 2.45) is 7.05 Å². The zero-order valence-corrected chi connectivity index (χ0v) is 11.7. The molecule has 0 aliphatic carbocycles. The van der Waals surface area contributed by atoms with Crippen LogP contribution < -0.4 is 4.72 Å². The molecule has 1 unspecified atom stereocenters. The Labute approximate surface area is 110 Å². The Kier molecular flexibility index (Phi) is 5.17. The van der Waals surface area contributed by atoms with Crippen LogP contribution in [0.5, 0.6) is 0 Å². The number of carbonyl (C=O) groups is 1. The lowest BCUT2D eigenvalue weighted by molar-refractivity contribution is -0.139. The van der Waals surface area contributed by atoms with Gasteiger partial charge in [0.25, 0.3) is 10.0 Å². The fraction of sp³-hybridized carbons (Fsp3) is 0.556. The Hall–Kier alpha value is -1.06. The third-order valence-corrected chi connectivity index (χ3v) is 4.45. The van der Waals surface area contributed by atoms with Gasteiger partial charge in [0.2, 0.25) is 0 Å². The smallest absolute Gasteiger partial charge is 0.321 e. The summed E-state index contributed by atoms with van der Waals surface area (Å²) in [4.78, 5) is 11.0. The molecule has 2 N–H and O–H groups in total. The van der Waals surface area contributed by atoms with Crippen molar-refractivity contribution in [2.75, 3.05) is 12.0 Å². The molecule has 0 fully saturated rings. The van der Waals surface area contributed by atoms with Crippen molar-refractivity contribution >= 4 is 27.8 Å². The molecule has 7 nitrogen and oxygen atoms in total. The molecule has 1 heterocycles. The van der Waals surface area contributed by atoms with E-state index < -0.39 is 22.0 Å². The SMILES string of the molecule is CSCCC(NS(=O)(=O)c1ccnn1C)C(=O)O. The molecule has 9 heteroatoms. The number of carboxylic acids is 1. The molecule has 1 rings (SSSR count). The number of sulfonamides is 1. The first-order valence-corrected chi connectivity index (χ1v) is 7.98. The van der Waals surface area contributed by atoms with Crippen LogP contribution in [0.2, 0.25) is 0 Å². The Bertz CT molecular complexity index is 512. The molecule has 0 saturated heterocycles. The van der Waals surface area contributed by atoms with Crippen LogP contribution in [-0.2, 0) is 21.9 Å². The largest absolute Gasteiger partial charge is 0.480 e. The number of nitrogens with one attached hydrogen (secondary N) is 1. The van der Waals surface area contributed by atoms with Crippen LogP contribution >= 0.6 is 11.8 Å². The first-order valence-electron chi connectivity index (χ1n) is 5.10. The minimum atomic E-state index is -3.86. The van der Waals surface area contributed by atoms with Gasteiger partial charge in [0.15, 0.2) is 5.03 Å². The van der Waals surface area contributed by atoms with E-state index in [1.807, 2.05) is 6.26 Å². The summed E-state index contributed by atoms with van der Waals surface area (Å²) >= 11 is 1.46. The number of hydrogen-bond donors (Lipinski definition) is 2. The van der Waals surface area contributed by atoms with Crippen LogP contribution in [0.15, 0.2) is 17.3 Å². The van der Waals surface area contributed by atoms with Crippen molar-refractivity contribution in [3.63, 3.8) is 0 Å². The molecule has 0 aliphatic heterocycles. The topological polar surface area (TPSA) is 101 Å². The van der Waals surface area contributed by atoms with Crippen molar-refractivity contribution in [1.29, 1.82) is 0 Å². The van der Waals surface area contributed by atoms with E-state index in [0.29, 0.717) is 5.75 Å². The van der Waals surface area contributed by atoms with E-state index in [1.165, 1.54) is 35.8 Å². The highest BCUT2D eigenvalue weighted by Gasteiger charge is 2.26. The Balaban J connectivity index is 2.86. The molecule has 0 bridgehead atoms. The van der Waals surface area contributed by atoms with Gasteiger partial charge in [0, 0.05) is 7.05 Å². The van der Waals surface area contributed by atoms with Crippen molar-refractivity contribution in [3.05, 3.63) is 12.3 Å². The molecule has 0 aromatic carbocycles. The molecular weight excluding hydrogens is 278 g/mol. The van der Waals surface area contributed by atoms with Crippen molar-refractivity contribution in [3.8, 4) is 0 Å². The van der Waals surface area contributed by atoms with Crippen LogP contribution in [-0.4, -0.2) is 47.3 Å². The summed E-state index contributed by atoms with van der Waals surface area (Å²) in [5.41, 5.74) is 0. The lowest BCUT2D eigenvalue weighted by Gasteiger charge is -2.14. The van der Waals surface area contributed by atoms with Crippen molar-refractivity contribution in [2.45, 2.75) is 17.5 Å². The van der Waals surface area contributed by atoms with Gasteiger partial charge in [-0.05, 0) is 24.5 Å². The van der Waals surface area contributed by atoms with E-state index in [-0.39, 0.29) is 11.4 Å². The highest BCUT2D eigenvalue weighted by molar-refractivity contribution is 7.98. The third kappa shape index (κ3) is 3.72. The summed E-state index contributed by atoms with van der Waals surface area (Å²) < 4.78 is 27.2. The van der Waals surface area contributed by atoms with Gasteiger partial charge in [-0.15, -0.1) is 0 Å². The average Bonchev–Trinajstić information content (AvgIpc) is 2.71. The van der Waals surface area contributed by atoms with E-state index in [0.717, 1.165) is 0 Å². The molecule has 1 aromatic heterocycles. The highest BCUT2D eigenvalue weighted by atomic mass is 32.2. The molecule has 0 saturated carbocycles. The monoisotopic (exact) mass is 293 g/mol. The summed E-state index contributed by atoms with van der Waals surface area (Å²) in [5.74, 6) is -0.625. The second-order valence-corrected chi connectivity index (χ2v) is 6.23. The van der Waals surface area contributed by atoms with E-state index in [4.69, 9.17) is 5.11 Å². The summed E-state index contributed by atoms with van der Waals surface area (Å²) in [6.45, 7) is 0. The lowest BCUT2D eigenvalue weighted by Crippen LogP contribution is -2.41. The minimum absolute atomic E-state index is 0.0575. The van der Waals surface area contributed by atoms with Crippen molar-refractivity contribution in [1.82, 2.24) is 14.5 Å². The van der Waals surface area contributed by atoms with Gasteiger partial charge in [-0.25, -0.2) is 8.42 Å². The van der Waals surface area contributed by atoms with Gasteiger partial charge >= 0.3 is 5.97 Å². The maximum Gasteiger partial charge on any atom is 0.321 e. The molecule has 18 heavy (non-hydrogen) atoms. The fourth-order valence-electron chi connectivity index (χ4n) is 1.34. The molecule has 1 aromatic rings. The predicted octanol–water partition coefficient (Wildman–Crippen LogP) is -0.0953. The molecule has 0 amide bonds. The van der Waals surface area contributed by atoms with Gasteiger partial charge in [0.1, 0.15) is 6.04 Å². The van der Waals surface area contributed by atoms with Crippen molar-refractivity contribution < 1.29 is 18.3 Å². The zero-order valence-electron chi connectivity index (χ0n) is 10.0. The second kappa shape index (κ2) is 6.21. The summed E-state index contributed by atoms with van der Waals surface area (Å²) in [5, 5.41) is 12.7. The van der Waals surface area contributed by atoms with Crippen LogP contribution in [0.3, 0.4) is 0 Å².